The van der Waals surface area contributed by atoms with Crippen molar-refractivity contribution in [2.24, 2.45) is 0 Å². The molecule has 2 rings (SSSR count). The first kappa shape index (κ1) is 10.1. The Balaban J connectivity index is 2.61. The molecule has 2 N–H and O–H groups in total. The van der Waals surface area contributed by atoms with E-state index < -0.39 is 0 Å². The summed E-state index contributed by atoms with van der Waals surface area (Å²) >= 11 is 0. The first-order valence-corrected chi connectivity index (χ1v) is 4.73. The number of aromatic hydroxyl groups is 2. The number of nitrogens with zero attached hydrogens (tertiary/aromatic N) is 1. The maximum Gasteiger partial charge on any atom is 0.123 e. The molecule has 3 nitrogen and oxygen atoms in total. The predicted molar refractivity (Wildman–Crippen MR) is 59.9 cm³/mol. The van der Waals surface area contributed by atoms with Crippen molar-refractivity contribution in [3.05, 3.63) is 48.0 Å². The van der Waals surface area contributed by atoms with Crippen molar-refractivity contribution in [3.63, 3.8) is 0 Å². The molecule has 3 heteroatoms. The molecule has 0 fully saturated rings. The van der Waals surface area contributed by atoms with Crippen LogP contribution in [0.25, 0.3) is 11.1 Å². The van der Waals surface area contributed by atoms with E-state index in [1.165, 1.54) is 12.1 Å². The Morgan fingerprint density at radius 2 is 1.75 bits per heavy atom. The highest BCUT2D eigenvalue weighted by molar-refractivity contribution is 5.72. The molecule has 0 saturated carbocycles. The van der Waals surface area contributed by atoms with Crippen molar-refractivity contribution in [2.45, 2.75) is 0 Å². The van der Waals surface area contributed by atoms with Crippen molar-refractivity contribution in [1.82, 2.24) is 0 Å². The van der Waals surface area contributed by atoms with Gasteiger partial charge in [0.25, 0.3) is 0 Å². The summed E-state index contributed by atoms with van der Waals surface area (Å²) in [5.41, 5.74) is 1.57. The second kappa shape index (κ2) is 3.95. The molecule has 0 spiro atoms. The van der Waals surface area contributed by atoms with Gasteiger partial charge in [0.05, 0.1) is 11.6 Å². The molecule has 0 aromatic heterocycles. The van der Waals surface area contributed by atoms with E-state index >= 15 is 0 Å². The Morgan fingerprint density at radius 1 is 1.00 bits per heavy atom. The van der Waals surface area contributed by atoms with Crippen molar-refractivity contribution in [2.75, 3.05) is 0 Å². The largest absolute Gasteiger partial charge is 0.508 e. The zero-order chi connectivity index (χ0) is 11.5. The Kier molecular flexibility index (Phi) is 2.49. The van der Waals surface area contributed by atoms with E-state index in [1.807, 2.05) is 6.07 Å². The molecule has 0 aliphatic heterocycles. The Labute approximate surface area is 92.8 Å². The normalized spacial score (nSPS) is 9.69. The number of rotatable bonds is 1. The van der Waals surface area contributed by atoms with Crippen LogP contribution >= 0.6 is 0 Å². The van der Waals surface area contributed by atoms with Crippen LogP contribution in [0.5, 0.6) is 11.5 Å². The van der Waals surface area contributed by atoms with E-state index in [0.717, 1.165) is 0 Å². The quantitative estimate of drug-likeness (QED) is 0.762. The number of nitriles is 1. The lowest BCUT2D eigenvalue weighted by atomic mass is 10.0. The number of para-hydroxylation sites is 1. The molecule has 0 unspecified atom stereocenters. The average Bonchev–Trinajstić information content (AvgIpc) is 2.28. The summed E-state index contributed by atoms with van der Waals surface area (Å²) < 4.78 is 0. The fourth-order valence-electron chi connectivity index (χ4n) is 1.55. The molecule has 2 aromatic carbocycles. The van der Waals surface area contributed by atoms with E-state index in [9.17, 15) is 10.2 Å². The number of phenols is 2. The minimum Gasteiger partial charge on any atom is -0.508 e. The summed E-state index contributed by atoms with van der Waals surface area (Å²) in [7, 11) is 0. The molecule has 0 bridgehead atoms. The molecular formula is C13H9NO2. The SMILES string of the molecule is N#Cc1cc(O)cc(-c2ccccc2O)c1. The summed E-state index contributed by atoms with van der Waals surface area (Å²) in [4.78, 5) is 0. The maximum atomic E-state index is 9.65. The fraction of sp³-hybridized carbons (Fsp3) is 0. The van der Waals surface area contributed by atoms with Gasteiger partial charge in [-0.15, -0.1) is 0 Å². The zero-order valence-electron chi connectivity index (χ0n) is 8.38. The minimum absolute atomic E-state index is 0.0114. The first-order chi connectivity index (χ1) is 7.70. The predicted octanol–water partition coefficient (Wildman–Crippen LogP) is 2.64. The van der Waals surface area contributed by atoms with Gasteiger partial charge < -0.3 is 10.2 Å². The van der Waals surface area contributed by atoms with Crippen molar-refractivity contribution in [1.29, 1.82) is 5.26 Å². The zero-order valence-corrected chi connectivity index (χ0v) is 8.38. The lowest BCUT2D eigenvalue weighted by molar-refractivity contribution is 0.474. The van der Waals surface area contributed by atoms with Gasteiger partial charge in [0.2, 0.25) is 0 Å². The summed E-state index contributed by atoms with van der Waals surface area (Å²) in [6, 6.07) is 13.3. The number of benzene rings is 2. The van der Waals surface area contributed by atoms with Gasteiger partial charge in [-0.1, -0.05) is 18.2 Å². The summed E-state index contributed by atoms with van der Waals surface area (Å²) in [6.07, 6.45) is 0. The highest BCUT2D eigenvalue weighted by Gasteiger charge is 2.06. The van der Waals surface area contributed by atoms with Gasteiger partial charge in [-0.25, -0.2) is 0 Å². The smallest absolute Gasteiger partial charge is 0.123 e. The molecule has 78 valence electrons. The second-order valence-electron chi connectivity index (χ2n) is 3.40. The summed E-state index contributed by atoms with van der Waals surface area (Å²) in [6.45, 7) is 0. The monoisotopic (exact) mass is 211 g/mol. The van der Waals surface area contributed by atoms with Gasteiger partial charge in [-0.2, -0.15) is 5.26 Å². The van der Waals surface area contributed by atoms with Crippen LogP contribution in [0.2, 0.25) is 0 Å². The van der Waals surface area contributed by atoms with Crippen LogP contribution in [0.15, 0.2) is 42.5 Å². The molecule has 0 heterocycles. The van der Waals surface area contributed by atoms with E-state index in [4.69, 9.17) is 5.26 Å². The minimum atomic E-state index is 0.0114. The van der Waals surface area contributed by atoms with Crippen LogP contribution in [0.1, 0.15) is 5.56 Å². The van der Waals surface area contributed by atoms with Gasteiger partial charge >= 0.3 is 0 Å². The molecule has 0 radical (unpaired) electrons. The summed E-state index contributed by atoms with van der Waals surface area (Å²) in [5, 5.41) is 27.9. The third-order valence-electron chi connectivity index (χ3n) is 2.26. The number of hydrogen-bond acceptors (Lipinski definition) is 3. The fourth-order valence-corrected chi connectivity index (χ4v) is 1.55. The third-order valence-corrected chi connectivity index (χ3v) is 2.26. The van der Waals surface area contributed by atoms with E-state index in [-0.39, 0.29) is 11.5 Å². The average molecular weight is 211 g/mol. The molecule has 0 saturated heterocycles. The Morgan fingerprint density at radius 3 is 2.44 bits per heavy atom. The van der Waals surface area contributed by atoms with Crippen molar-refractivity contribution in [3.8, 4) is 28.7 Å². The molecule has 0 aliphatic carbocycles. The van der Waals surface area contributed by atoms with Gasteiger partial charge in [-0.3, -0.25) is 0 Å². The number of phenolic OH excluding ortho intramolecular Hbond substituents is 2. The van der Waals surface area contributed by atoms with Gasteiger partial charge in [-0.05, 0) is 29.8 Å². The van der Waals surface area contributed by atoms with Crippen LogP contribution in [0.3, 0.4) is 0 Å². The first-order valence-electron chi connectivity index (χ1n) is 4.73. The Bertz CT molecular complexity index is 570. The van der Waals surface area contributed by atoms with Gasteiger partial charge in [0.1, 0.15) is 11.5 Å². The maximum absolute atomic E-state index is 9.65. The topological polar surface area (TPSA) is 64.2 Å². The third kappa shape index (κ3) is 1.82. The standard InChI is InChI=1S/C13H9NO2/c14-8-9-5-10(7-11(15)6-9)12-3-1-2-4-13(12)16/h1-7,15-16H. The lowest BCUT2D eigenvalue weighted by Gasteiger charge is -2.05. The Hall–Kier alpha value is -2.47. The molecule has 16 heavy (non-hydrogen) atoms. The van der Waals surface area contributed by atoms with Crippen LogP contribution in [0.4, 0.5) is 0 Å². The second-order valence-corrected chi connectivity index (χ2v) is 3.40. The van der Waals surface area contributed by atoms with Gasteiger partial charge in [0.15, 0.2) is 0 Å². The van der Waals surface area contributed by atoms with Gasteiger partial charge in [0, 0.05) is 5.56 Å². The van der Waals surface area contributed by atoms with Crippen molar-refractivity contribution >= 4 is 0 Å². The van der Waals surface area contributed by atoms with Crippen LogP contribution < -0.4 is 0 Å². The number of hydrogen-bond donors (Lipinski definition) is 2. The molecule has 0 amide bonds. The van der Waals surface area contributed by atoms with E-state index in [0.29, 0.717) is 16.7 Å². The lowest BCUT2D eigenvalue weighted by Crippen LogP contribution is -1.81. The van der Waals surface area contributed by atoms with Crippen LogP contribution in [-0.4, -0.2) is 10.2 Å². The highest BCUT2D eigenvalue weighted by atomic mass is 16.3. The van der Waals surface area contributed by atoms with E-state index in [2.05, 4.69) is 0 Å². The van der Waals surface area contributed by atoms with Crippen LogP contribution in [0, 0.1) is 11.3 Å². The molecule has 2 aromatic rings. The molecular weight excluding hydrogens is 202 g/mol. The van der Waals surface area contributed by atoms with Crippen molar-refractivity contribution < 1.29 is 10.2 Å². The molecule has 0 aliphatic rings. The summed E-state index contributed by atoms with van der Waals surface area (Å²) in [5.74, 6) is 0.134. The van der Waals surface area contributed by atoms with E-state index in [1.54, 1.807) is 30.3 Å². The highest BCUT2D eigenvalue weighted by Crippen LogP contribution is 2.31. The van der Waals surface area contributed by atoms with Crippen LogP contribution in [-0.2, 0) is 0 Å². The molecule has 0 atom stereocenters.